The molecule has 9 nitrogen and oxygen atoms in total. The van der Waals surface area contributed by atoms with Gasteiger partial charge in [0.2, 0.25) is 15.0 Å². The Morgan fingerprint density at radius 3 is 2.52 bits per heavy atom. The Morgan fingerprint density at radius 2 is 1.87 bits per heavy atom. The highest BCUT2D eigenvalue weighted by Gasteiger charge is 2.25. The summed E-state index contributed by atoms with van der Waals surface area (Å²) in [6.45, 7) is 3.38. The van der Waals surface area contributed by atoms with Gasteiger partial charge in [-0.25, -0.2) is 27.3 Å². The van der Waals surface area contributed by atoms with E-state index in [9.17, 15) is 18.0 Å². The second kappa shape index (κ2) is 9.75. The van der Waals surface area contributed by atoms with Crippen LogP contribution in [0.25, 0.3) is 0 Å². The van der Waals surface area contributed by atoms with Gasteiger partial charge in [-0.2, -0.15) is 0 Å². The molecule has 2 aromatic rings. The lowest BCUT2D eigenvalue weighted by atomic mass is 10.1. The van der Waals surface area contributed by atoms with Crippen molar-refractivity contribution in [2.24, 2.45) is 0 Å². The number of esters is 2. The number of anilines is 1. The minimum absolute atomic E-state index is 0.0191. The SMILES string of the molecule is CCOC(=O)c1nc(COC(=O)c2cc(S(=O)(=O)N(C)C)ccc2N2CCCC2)cs1. The van der Waals surface area contributed by atoms with E-state index in [1.807, 2.05) is 4.90 Å². The quantitative estimate of drug-likeness (QED) is 0.545. The highest BCUT2D eigenvalue weighted by molar-refractivity contribution is 7.89. The molecular formula is C20H25N3O6S2. The Balaban J connectivity index is 1.83. The Bertz CT molecular complexity index is 1060. The lowest BCUT2D eigenvalue weighted by Crippen LogP contribution is -2.24. The molecule has 2 heterocycles. The first-order valence-corrected chi connectivity index (χ1v) is 12.2. The van der Waals surface area contributed by atoms with Crippen molar-refractivity contribution in [2.75, 3.05) is 38.7 Å². The van der Waals surface area contributed by atoms with Gasteiger partial charge in [-0.1, -0.05) is 0 Å². The third-order valence-corrected chi connectivity index (χ3v) is 7.45. The molecule has 0 spiro atoms. The fourth-order valence-corrected chi connectivity index (χ4v) is 4.78. The first-order valence-electron chi connectivity index (χ1n) is 9.84. The average molecular weight is 468 g/mol. The Labute approximate surface area is 185 Å². The minimum atomic E-state index is -3.71. The molecule has 0 saturated carbocycles. The third kappa shape index (κ3) is 5.23. The molecule has 1 saturated heterocycles. The highest BCUT2D eigenvalue weighted by atomic mass is 32.2. The van der Waals surface area contributed by atoms with Gasteiger partial charge in [-0.3, -0.25) is 0 Å². The van der Waals surface area contributed by atoms with Gasteiger partial charge in [0, 0.05) is 32.6 Å². The maximum Gasteiger partial charge on any atom is 0.367 e. The largest absolute Gasteiger partial charge is 0.461 e. The predicted molar refractivity (Wildman–Crippen MR) is 116 cm³/mol. The number of hydrogen-bond donors (Lipinski definition) is 0. The second-order valence-corrected chi connectivity index (χ2v) is 10.1. The summed E-state index contributed by atoms with van der Waals surface area (Å²) in [6, 6.07) is 4.52. The van der Waals surface area contributed by atoms with Crippen LogP contribution < -0.4 is 4.90 Å². The molecule has 11 heteroatoms. The van der Waals surface area contributed by atoms with E-state index in [1.165, 1.54) is 26.2 Å². The van der Waals surface area contributed by atoms with Crippen molar-refractivity contribution in [2.45, 2.75) is 31.3 Å². The van der Waals surface area contributed by atoms with E-state index < -0.39 is 22.0 Å². The van der Waals surface area contributed by atoms with Crippen molar-refractivity contribution in [3.05, 3.63) is 39.8 Å². The standard InChI is InChI=1S/C20H25N3O6S2/c1-4-28-20(25)18-21-14(13-30-18)12-29-19(24)16-11-15(31(26,27)22(2)3)7-8-17(16)23-9-5-6-10-23/h7-8,11,13H,4-6,9-10,12H2,1-3H3. The van der Waals surface area contributed by atoms with Gasteiger partial charge in [-0.05, 0) is 38.0 Å². The lowest BCUT2D eigenvalue weighted by Gasteiger charge is -2.22. The molecule has 0 atom stereocenters. The number of carbonyl (C=O) groups is 2. The van der Waals surface area contributed by atoms with E-state index in [0.717, 1.165) is 41.6 Å². The molecule has 1 aliphatic rings. The summed E-state index contributed by atoms with van der Waals surface area (Å²) >= 11 is 1.11. The van der Waals surface area contributed by atoms with Crippen LogP contribution in [0.2, 0.25) is 0 Å². The summed E-state index contributed by atoms with van der Waals surface area (Å²) in [4.78, 5) is 30.9. The number of benzene rings is 1. The predicted octanol–water partition coefficient (Wildman–Crippen LogP) is 2.53. The van der Waals surface area contributed by atoms with Gasteiger partial charge in [0.05, 0.1) is 28.4 Å². The lowest BCUT2D eigenvalue weighted by molar-refractivity contribution is 0.0468. The molecule has 1 aromatic heterocycles. The third-order valence-electron chi connectivity index (χ3n) is 4.77. The number of nitrogens with zero attached hydrogens (tertiary/aromatic N) is 3. The zero-order valence-electron chi connectivity index (χ0n) is 17.7. The van der Waals surface area contributed by atoms with Crippen molar-refractivity contribution in [3.8, 4) is 0 Å². The summed E-state index contributed by atoms with van der Waals surface area (Å²) in [6.07, 6.45) is 2.00. The van der Waals surface area contributed by atoms with Gasteiger partial charge < -0.3 is 14.4 Å². The Hall–Kier alpha value is -2.50. The van der Waals surface area contributed by atoms with E-state index in [2.05, 4.69) is 4.98 Å². The molecule has 1 aliphatic heterocycles. The normalized spacial score (nSPS) is 14.1. The molecule has 31 heavy (non-hydrogen) atoms. The molecule has 0 unspecified atom stereocenters. The van der Waals surface area contributed by atoms with E-state index in [0.29, 0.717) is 11.4 Å². The maximum absolute atomic E-state index is 12.9. The molecule has 1 fully saturated rings. The molecule has 0 N–H and O–H groups in total. The van der Waals surface area contributed by atoms with Crippen LogP contribution >= 0.6 is 11.3 Å². The molecule has 0 amide bonds. The van der Waals surface area contributed by atoms with Crippen LogP contribution in [0, 0.1) is 0 Å². The number of aromatic nitrogens is 1. The fraction of sp³-hybridized carbons (Fsp3) is 0.450. The van der Waals surface area contributed by atoms with Crippen molar-refractivity contribution in [1.82, 2.24) is 9.29 Å². The zero-order chi connectivity index (χ0) is 22.6. The van der Waals surface area contributed by atoms with Crippen LogP contribution in [0.5, 0.6) is 0 Å². The summed E-state index contributed by atoms with van der Waals surface area (Å²) in [5, 5.41) is 1.80. The number of hydrogen-bond acceptors (Lipinski definition) is 9. The Kier molecular flexibility index (Phi) is 7.29. The van der Waals surface area contributed by atoms with Crippen molar-refractivity contribution < 1.29 is 27.5 Å². The van der Waals surface area contributed by atoms with Gasteiger partial charge in [0.15, 0.2) is 0 Å². The molecule has 0 bridgehead atoms. The van der Waals surface area contributed by atoms with Crippen molar-refractivity contribution >= 4 is 39.0 Å². The zero-order valence-corrected chi connectivity index (χ0v) is 19.3. The average Bonchev–Trinajstić information content (AvgIpc) is 3.44. The monoisotopic (exact) mass is 467 g/mol. The van der Waals surface area contributed by atoms with Crippen LogP contribution in [0.15, 0.2) is 28.5 Å². The van der Waals surface area contributed by atoms with E-state index >= 15 is 0 Å². The van der Waals surface area contributed by atoms with Crippen molar-refractivity contribution in [1.29, 1.82) is 0 Å². The van der Waals surface area contributed by atoms with Crippen LogP contribution in [-0.4, -0.2) is 63.4 Å². The van der Waals surface area contributed by atoms with Gasteiger partial charge in [0.25, 0.3) is 0 Å². The number of thiazole rings is 1. The number of carbonyl (C=O) groups excluding carboxylic acids is 2. The highest BCUT2D eigenvalue weighted by Crippen LogP contribution is 2.29. The first-order chi connectivity index (χ1) is 14.7. The van der Waals surface area contributed by atoms with Crippen LogP contribution in [0.3, 0.4) is 0 Å². The fourth-order valence-electron chi connectivity index (χ4n) is 3.16. The smallest absolute Gasteiger partial charge is 0.367 e. The number of sulfonamides is 1. The van der Waals surface area contributed by atoms with Gasteiger partial charge in [0.1, 0.15) is 6.61 Å². The Morgan fingerprint density at radius 1 is 1.16 bits per heavy atom. The van der Waals surface area contributed by atoms with E-state index in [4.69, 9.17) is 9.47 Å². The van der Waals surface area contributed by atoms with Crippen molar-refractivity contribution in [3.63, 3.8) is 0 Å². The van der Waals surface area contributed by atoms with Gasteiger partial charge in [-0.15, -0.1) is 11.3 Å². The minimum Gasteiger partial charge on any atom is -0.461 e. The number of rotatable bonds is 8. The van der Waals surface area contributed by atoms with Gasteiger partial charge >= 0.3 is 11.9 Å². The number of ether oxygens (including phenoxy) is 2. The first kappa shape index (κ1) is 23.2. The van der Waals surface area contributed by atoms with Crippen LogP contribution in [0.1, 0.15) is 45.6 Å². The molecule has 3 rings (SSSR count). The second-order valence-electron chi connectivity index (χ2n) is 7.10. The molecule has 168 valence electrons. The molecule has 0 aliphatic carbocycles. The molecular weight excluding hydrogens is 442 g/mol. The summed E-state index contributed by atoms with van der Waals surface area (Å²) in [5.41, 5.74) is 1.25. The van der Waals surface area contributed by atoms with Crippen LogP contribution in [-0.2, 0) is 26.1 Å². The van der Waals surface area contributed by atoms with E-state index in [1.54, 1.807) is 18.4 Å². The van der Waals surface area contributed by atoms with Crippen LogP contribution in [0.4, 0.5) is 5.69 Å². The summed E-state index contributed by atoms with van der Waals surface area (Å²) in [5.74, 6) is -1.17. The molecule has 0 radical (unpaired) electrons. The molecule has 1 aromatic carbocycles. The summed E-state index contributed by atoms with van der Waals surface area (Å²) in [7, 11) is -0.836. The van der Waals surface area contributed by atoms with E-state index in [-0.39, 0.29) is 28.7 Å². The topological polar surface area (TPSA) is 106 Å². The maximum atomic E-state index is 12.9. The summed E-state index contributed by atoms with van der Waals surface area (Å²) < 4.78 is 36.5.